The summed E-state index contributed by atoms with van der Waals surface area (Å²) < 4.78 is 0. The zero-order chi connectivity index (χ0) is 18.6. The summed E-state index contributed by atoms with van der Waals surface area (Å²) in [6, 6.07) is 19.0. The number of nitrogens with one attached hydrogen (secondary N) is 1. The Kier molecular flexibility index (Phi) is 5.26. The highest BCUT2D eigenvalue weighted by Gasteiger charge is 2.27. The zero-order valence-corrected chi connectivity index (χ0v) is 15.9. The quantitative estimate of drug-likeness (QED) is 0.696. The molecule has 1 aromatic heterocycles. The Balaban J connectivity index is 1.57. The number of likely N-dealkylation sites (tertiary alicyclic amines) is 1. The van der Waals surface area contributed by atoms with Crippen molar-refractivity contribution in [3.8, 4) is 0 Å². The molecule has 3 N–H and O–H groups in total. The molecule has 0 bridgehead atoms. The van der Waals surface area contributed by atoms with Gasteiger partial charge in [-0.25, -0.2) is 0 Å². The van der Waals surface area contributed by atoms with Crippen LogP contribution in [0.2, 0.25) is 0 Å². The van der Waals surface area contributed by atoms with Gasteiger partial charge in [-0.1, -0.05) is 48.5 Å². The first kappa shape index (κ1) is 17.8. The van der Waals surface area contributed by atoms with Gasteiger partial charge >= 0.3 is 0 Å². The summed E-state index contributed by atoms with van der Waals surface area (Å²) in [6.45, 7) is 4.73. The first-order valence-electron chi connectivity index (χ1n) is 9.97. The lowest BCUT2D eigenvalue weighted by molar-refractivity contribution is -0.675. The van der Waals surface area contributed by atoms with Gasteiger partial charge in [-0.2, -0.15) is 0 Å². The fourth-order valence-corrected chi connectivity index (χ4v) is 4.18. The van der Waals surface area contributed by atoms with Crippen LogP contribution in [0, 0.1) is 0 Å². The molecule has 3 aromatic rings. The second-order valence-corrected chi connectivity index (χ2v) is 7.55. The fourth-order valence-electron chi connectivity index (χ4n) is 4.18. The molecule has 1 aliphatic heterocycles. The molecule has 4 nitrogen and oxygen atoms in total. The molecule has 0 spiro atoms. The molecule has 2 heterocycles. The summed E-state index contributed by atoms with van der Waals surface area (Å²) in [6.07, 6.45) is 4.41. The van der Waals surface area contributed by atoms with E-state index in [2.05, 4.69) is 71.1 Å². The van der Waals surface area contributed by atoms with E-state index in [-0.39, 0.29) is 17.9 Å². The summed E-state index contributed by atoms with van der Waals surface area (Å²) in [5.74, 6) is 0.523. The van der Waals surface area contributed by atoms with Crippen molar-refractivity contribution in [2.24, 2.45) is 0 Å². The molecule has 1 amide bonds. The van der Waals surface area contributed by atoms with Crippen molar-refractivity contribution in [1.29, 1.82) is 0 Å². The Morgan fingerprint density at radius 1 is 1.07 bits per heavy atom. The molecule has 2 atom stereocenters. The lowest BCUT2D eigenvalue weighted by Crippen LogP contribution is -2.92. The van der Waals surface area contributed by atoms with Crippen LogP contribution in [0.1, 0.15) is 36.8 Å². The van der Waals surface area contributed by atoms with E-state index in [0.29, 0.717) is 0 Å². The molecule has 0 unspecified atom stereocenters. The van der Waals surface area contributed by atoms with Gasteiger partial charge in [-0.05, 0) is 37.0 Å². The average Bonchev–Trinajstić information content (AvgIpc) is 3.39. The first-order valence-corrected chi connectivity index (χ1v) is 9.97. The van der Waals surface area contributed by atoms with Gasteiger partial charge < -0.3 is 15.2 Å². The van der Waals surface area contributed by atoms with Crippen LogP contribution in [0.5, 0.6) is 0 Å². The highest BCUT2D eigenvalue weighted by molar-refractivity contribution is 5.84. The number of carbonyl (C=O) groups is 1. The lowest BCUT2D eigenvalue weighted by Gasteiger charge is -2.22. The van der Waals surface area contributed by atoms with Crippen LogP contribution in [-0.2, 0) is 4.79 Å². The second kappa shape index (κ2) is 7.97. The number of para-hydroxylation sites is 1. The first-order chi connectivity index (χ1) is 13.2. The van der Waals surface area contributed by atoms with Crippen LogP contribution in [0.3, 0.4) is 0 Å². The topological polar surface area (TPSA) is 52.7 Å². The van der Waals surface area contributed by atoms with Crippen LogP contribution in [0.4, 0.5) is 0 Å². The molecule has 140 valence electrons. The fraction of sp³-hybridized carbons (Fsp3) is 0.348. The number of aromatic nitrogens is 1. The van der Waals surface area contributed by atoms with Gasteiger partial charge in [-0.15, -0.1) is 0 Å². The van der Waals surface area contributed by atoms with E-state index in [1.165, 1.54) is 16.5 Å². The number of amides is 1. The number of benzene rings is 2. The Morgan fingerprint density at radius 2 is 1.78 bits per heavy atom. The smallest absolute Gasteiger partial charge is 0.280 e. The number of rotatable bonds is 6. The molecule has 4 rings (SSSR count). The minimum Gasteiger partial charge on any atom is -0.361 e. The van der Waals surface area contributed by atoms with E-state index in [4.69, 9.17) is 0 Å². The van der Waals surface area contributed by atoms with Gasteiger partial charge in [0, 0.05) is 30.2 Å². The molecule has 1 fully saturated rings. The Bertz CT molecular complexity index is 896. The molecule has 1 aliphatic rings. The molecule has 0 saturated carbocycles. The molecular weight excluding hydrogens is 334 g/mol. The van der Waals surface area contributed by atoms with Gasteiger partial charge in [-0.3, -0.25) is 4.79 Å². The molecule has 0 aliphatic carbocycles. The monoisotopic (exact) mass is 362 g/mol. The minimum atomic E-state index is -0.0421. The van der Waals surface area contributed by atoms with Crippen molar-refractivity contribution < 1.29 is 10.1 Å². The Labute approximate surface area is 160 Å². The predicted octanol–water partition coefficient (Wildman–Crippen LogP) is 2.87. The molecule has 4 heteroatoms. The van der Waals surface area contributed by atoms with E-state index >= 15 is 0 Å². The maximum Gasteiger partial charge on any atom is 0.280 e. The maximum absolute atomic E-state index is 12.7. The van der Waals surface area contributed by atoms with Crippen LogP contribution in [0.25, 0.3) is 10.9 Å². The highest BCUT2D eigenvalue weighted by Crippen LogP contribution is 2.29. The molecule has 0 radical (unpaired) electrons. The third-order valence-corrected chi connectivity index (χ3v) is 5.73. The number of hydrogen-bond acceptors (Lipinski definition) is 1. The number of carbonyl (C=O) groups excluding carboxylic acids is 1. The number of nitrogens with zero attached hydrogens (tertiary/aromatic N) is 1. The molecule has 2 aromatic carbocycles. The third kappa shape index (κ3) is 3.76. The van der Waals surface area contributed by atoms with Crippen molar-refractivity contribution in [2.75, 3.05) is 19.6 Å². The summed E-state index contributed by atoms with van der Waals surface area (Å²) in [4.78, 5) is 18.1. The largest absolute Gasteiger partial charge is 0.361 e. The number of hydrogen-bond donors (Lipinski definition) is 2. The van der Waals surface area contributed by atoms with Crippen molar-refractivity contribution in [1.82, 2.24) is 9.88 Å². The minimum absolute atomic E-state index is 0.0421. The van der Waals surface area contributed by atoms with Gasteiger partial charge in [0.25, 0.3) is 5.91 Å². The number of nitrogens with two attached hydrogens (primary N) is 1. The molecule has 1 saturated heterocycles. The lowest BCUT2D eigenvalue weighted by atomic mass is 9.90. The van der Waals surface area contributed by atoms with E-state index in [9.17, 15) is 4.79 Å². The number of aromatic amines is 1. The van der Waals surface area contributed by atoms with E-state index in [1.54, 1.807) is 0 Å². The summed E-state index contributed by atoms with van der Waals surface area (Å²) in [5.41, 5.74) is 3.75. The SMILES string of the molecule is C[C@@H]([NH2+]C[C@@H](c1ccccc1)c1c[nH]c2ccccc12)C(=O)N1CCCC1. The number of fused-ring (bicyclic) bond motifs is 1. The van der Waals surface area contributed by atoms with Gasteiger partial charge in [0.05, 0.1) is 12.5 Å². The van der Waals surface area contributed by atoms with Crippen molar-refractivity contribution in [3.05, 3.63) is 71.9 Å². The second-order valence-electron chi connectivity index (χ2n) is 7.55. The van der Waals surface area contributed by atoms with E-state index in [0.717, 1.165) is 38.0 Å². The van der Waals surface area contributed by atoms with E-state index in [1.807, 2.05) is 11.8 Å². The van der Waals surface area contributed by atoms with Crippen LogP contribution in [0.15, 0.2) is 60.8 Å². The van der Waals surface area contributed by atoms with Gasteiger partial charge in [0.15, 0.2) is 6.04 Å². The predicted molar refractivity (Wildman–Crippen MR) is 109 cm³/mol. The van der Waals surface area contributed by atoms with Crippen LogP contribution >= 0.6 is 0 Å². The average molecular weight is 362 g/mol. The Hall–Kier alpha value is -2.59. The highest BCUT2D eigenvalue weighted by atomic mass is 16.2. The maximum atomic E-state index is 12.7. The Morgan fingerprint density at radius 3 is 2.56 bits per heavy atom. The zero-order valence-electron chi connectivity index (χ0n) is 15.9. The van der Waals surface area contributed by atoms with Crippen molar-refractivity contribution >= 4 is 16.8 Å². The van der Waals surface area contributed by atoms with Crippen LogP contribution in [-0.4, -0.2) is 41.5 Å². The summed E-state index contributed by atoms with van der Waals surface area (Å²) >= 11 is 0. The van der Waals surface area contributed by atoms with E-state index < -0.39 is 0 Å². The van der Waals surface area contributed by atoms with Gasteiger partial charge in [0.1, 0.15) is 0 Å². The molecule has 27 heavy (non-hydrogen) atoms. The summed E-state index contributed by atoms with van der Waals surface area (Å²) in [5, 5.41) is 3.47. The number of quaternary nitrogens is 1. The van der Waals surface area contributed by atoms with Crippen LogP contribution < -0.4 is 5.32 Å². The summed E-state index contributed by atoms with van der Waals surface area (Å²) in [7, 11) is 0. The number of H-pyrrole nitrogens is 1. The third-order valence-electron chi connectivity index (χ3n) is 5.73. The van der Waals surface area contributed by atoms with Crippen molar-refractivity contribution in [2.45, 2.75) is 31.7 Å². The molecular formula is C23H28N3O+. The standard InChI is InChI=1S/C23H27N3O/c1-17(23(27)26-13-7-8-14-26)24-15-20(18-9-3-2-4-10-18)21-16-25-22-12-6-5-11-19(21)22/h2-6,9-12,16-17,20,24-25H,7-8,13-15H2,1H3/p+1/t17-,20+/m1/s1. The van der Waals surface area contributed by atoms with Crippen molar-refractivity contribution in [3.63, 3.8) is 0 Å². The van der Waals surface area contributed by atoms with Gasteiger partial charge in [0.2, 0.25) is 0 Å². The normalized spacial score (nSPS) is 16.6.